The lowest BCUT2D eigenvalue weighted by atomic mass is 9.86. The van der Waals surface area contributed by atoms with Gasteiger partial charge in [-0.3, -0.25) is 4.79 Å². The molecule has 0 radical (unpaired) electrons. The summed E-state index contributed by atoms with van der Waals surface area (Å²) in [6, 6.07) is 6.11. The van der Waals surface area contributed by atoms with Crippen molar-refractivity contribution < 1.29 is 13.9 Å². The average Bonchev–Trinajstić information content (AvgIpc) is 2.42. The first-order valence-corrected chi connectivity index (χ1v) is 7.43. The number of nitrogens with one attached hydrogen (secondary N) is 1. The summed E-state index contributed by atoms with van der Waals surface area (Å²) in [6.45, 7) is 10.2. The summed E-state index contributed by atoms with van der Waals surface area (Å²) in [5, 5.41) is 3.01. The number of benzene rings is 1. The number of rotatable bonds is 6. The molecule has 0 heterocycles. The van der Waals surface area contributed by atoms with Crippen molar-refractivity contribution in [2.75, 3.05) is 6.61 Å². The molecule has 1 aromatic carbocycles. The van der Waals surface area contributed by atoms with Gasteiger partial charge < -0.3 is 10.1 Å². The van der Waals surface area contributed by atoms with Gasteiger partial charge in [0, 0.05) is 5.92 Å². The molecule has 0 fully saturated rings. The minimum absolute atomic E-state index is 0.00885. The summed E-state index contributed by atoms with van der Waals surface area (Å²) >= 11 is 0. The van der Waals surface area contributed by atoms with E-state index in [1.807, 2.05) is 34.6 Å². The van der Waals surface area contributed by atoms with Gasteiger partial charge in [0.2, 0.25) is 5.91 Å². The maximum absolute atomic E-state index is 13.6. The highest BCUT2D eigenvalue weighted by Crippen LogP contribution is 2.22. The highest BCUT2D eigenvalue weighted by molar-refractivity contribution is 5.78. The van der Waals surface area contributed by atoms with Crippen LogP contribution in [0.2, 0.25) is 0 Å². The van der Waals surface area contributed by atoms with Crippen molar-refractivity contribution in [3.05, 3.63) is 30.1 Å². The van der Waals surface area contributed by atoms with Crippen LogP contribution in [-0.4, -0.2) is 18.6 Å². The average molecular weight is 295 g/mol. The van der Waals surface area contributed by atoms with Crippen LogP contribution in [0.5, 0.6) is 5.75 Å². The van der Waals surface area contributed by atoms with Crippen molar-refractivity contribution in [3.63, 3.8) is 0 Å². The fourth-order valence-electron chi connectivity index (χ4n) is 1.74. The third-order valence-corrected chi connectivity index (χ3v) is 3.66. The first-order valence-electron chi connectivity index (χ1n) is 7.43. The predicted octanol–water partition coefficient (Wildman–Crippen LogP) is 3.78. The Hall–Kier alpha value is -1.58. The number of carbonyl (C=O) groups excluding carboxylic acids is 1. The zero-order chi connectivity index (χ0) is 16.0. The van der Waals surface area contributed by atoms with Crippen LogP contribution in [0.15, 0.2) is 24.3 Å². The lowest BCUT2D eigenvalue weighted by molar-refractivity contribution is -0.126. The lowest BCUT2D eigenvalue weighted by Crippen LogP contribution is -2.49. The fraction of sp³-hybridized carbons (Fsp3) is 0.588. The zero-order valence-corrected chi connectivity index (χ0v) is 13.6. The van der Waals surface area contributed by atoms with Gasteiger partial charge in [-0.15, -0.1) is 0 Å². The Morgan fingerprint density at radius 1 is 1.33 bits per heavy atom. The Labute approximate surface area is 126 Å². The summed E-state index contributed by atoms with van der Waals surface area (Å²) in [6.07, 6.45) is 0.789. The van der Waals surface area contributed by atoms with Crippen LogP contribution in [-0.2, 0) is 4.79 Å². The molecule has 1 aromatic rings. The second-order valence-electron chi connectivity index (χ2n) is 6.48. The van der Waals surface area contributed by atoms with E-state index in [4.69, 9.17) is 4.74 Å². The molecule has 0 aliphatic carbocycles. The third-order valence-electron chi connectivity index (χ3n) is 3.66. The number of halogens is 1. The standard InChI is InChI=1S/C17H26FNO2/c1-6-12(2)16(20)19-15(17(3,4)5)11-21-14-10-8-7-9-13(14)18/h7-10,12,15H,6,11H2,1-5H3,(H,19,20). The highest BCUT2D eigenvalue weighted by Gasteiger charge is 2.28. The zero-order valence-electron chi connectivity index (χ0n) is 13.6. The molecule has 0 bridgehead atoms. The molecule has 0 spiro atoms. The second kappa shape index (κ2) is 7.43. The van der Waals surface area contributed by atoms with Crippen LogP contribution < -0.4 is 10.1 Å². The van der Waals surface area contributed by atoms with Gasteiger partial charge in [0.05, 0.1) is 6.04 Å². The molecule has 1 N–H and O–H groups in total. The van der Waals surface area contributed by atoms with E-state index in [2.05, 4.69) is 5.32 Å². The van der Waals surface area contributed by atoms with Gasteiger partial charge >= 0.3 is 0 Å². The Morgan fingerprint density at radius 3 is 2.48 bits per heavy atom. The van der Waals surface area contributed by atoms with Crippen molar-refractivity contribution >= 4 is 5.91 Å². The van der Waals surface area contributed by atoms with Gasteiger partial charge in [-0.1, -0.05) is 46.8 Å². The number of hydrogen-bond acceptors (Lipinski definition) is 2. The van der Waals surface area contributed by atoms with Gasteiger partial charge in [0.15, 0.2) is 11.6 Å². The van der Waals surface area contributed by atoms with E-state index in [9.17, 15) is 9.18 Å². The molecule has 4 heteroatoms. The van der Waals surface area contributed by atoms with Crippen LogP contribution >= 0.6 is 0 Å². The Morgan fingerprint density at radius 2 is 1.95 bits per heavy atom. The maximum Gasteiger partial charge on any atom is 0.223 e. The molecule has 0 aliphatic rings. The molecular weight excluding hydrogens is 269 g/mol. The summed E-state index contributed by atoms with van der Waals surface area (Å²) in [7, 11) is 0. The maximum atomic E-state index is 13.6. The molecule has 0 saturated carbocycles. The number of ether oxygens (including phenoxy) is 1. The Bertz CT molecular complexity index is 468. The van der Waals surface area contributed by atoms with Crippen molar-refractivity contribution in [3.8, 4) is 5.75 Å². The minimum atomic E-state index is -0.390. The van der Waals surface area contributed by atoms with Crippen molar-refractivity contribution in [1.29, 1.82) is 0 Å². The number of carbonyl (C=O) groups is 1. The number of hydrogen-bond donors (Lipinski definition) is 1. The molecule has 0 aromatic heterocycles. The van der Waals surface area contributed by atoms with Gasteiger partial charge in [-0.25, -0.2) is 4.39 Å². The van der Waals surface area contributed by atoms with Crippen LogP contribution in [0.1, 0.15) is 41.0 Å². The van der Waals surface area contributed by atoms with Gasteiger partial charge in [-0.2, -0.15) is 0 Å². The molecule has 0 aliphatic heterocycles. The molecule has 2 unspecified atom stereocenters. The Balaban J connectivity index is 2.72. The summed E-state index contributed by atoms with van der Waals surface area (Å²) in [5.41, 5.74) is -0.172. The first-order chi connectivity index (χ1) is 9.75. The Kier molecular flexibility index (Phi) is 6.19. The summed E-state index contributed by atoms with van der Waals surface area (Å²) < 4.78 is 19.1. The largest absolute Gasteiger partial charge is 0.488 e. The molecule has 118 valence electrons. The van der Waals surface area contributed by atoms with E-state index in [-0.39, 0.29) is 35.6 Å². The van der Waals surface area contributed by atoms with E-state index in [1.165, 1.54) is 6.07 Å². The third kappa shape index (κ3) is 5.37. The van der Waals surface area contributed by atoms with Crippen LogP contribution in [0, 0.1) is 17.2 Å². The monoisotopic (exact) mass is 295 g/mol. The van der Waals surface area contributed by atoms with E-state index in [0.29, 0.717) is 0 Å². The SMILES string of the molecule is CCC(C)C(=O)NC(COc1ccccc1F)C(C)(C)C. The molecule has 1 rings (SSSR count). The number of amides is 1. The van der Waals surface area contributed by atoms with Crippen LogP contribution in [0.3, 0.4) is 0 Å². The van der Waals surface area contributed by atoms with E-state index in [1.54, 1.807) is 18.2 Å². The number of para-hydroxylation sites is 1. The van der Waals surface area contributed by atoms with E-state index < -0.39 is 5.82 Å². The quantitative estimate of drug-likeness (QED) is 0.867. The van der Waals surface area contributed by atoms with Crippen LogP contribution in [0.4, 0.5) is 4.39 Å². The van der Waals surface area contributed by atoms with Crippen molar-refractivity contribution in [1.82, 2.24) is 5.32 Å². The molecule has 1 amide bonds. The molecule has 3 nitrogen and oxygen atoms in total. The first kappa shape index (κ1) is 17.5. The van der Waals surface area contributed by atoms with Crippen molar-refractivity contribution in [2.45, 2.75) is 47.1 Å². The second-order valence-corrected chi connectivity index (χ2v) is 6.48. The molecular formula is C17H26FNO2. The minimum Gasteiger partial charge on any atom is -0.488 e. The lowest BCUT2D eigenvalue weighted by Gasteiger charge is -2.32. The molecule has 2 atom stereocenters. The fourth-order valence-corrected chi connectivity index (χ4v) is 1.74. The predicted molar refractivity (Wildman–Crippen MR) is 82.7 cm³/mol. The summed E-state index contributed by atoms with van der Waals surface area (Å²) in [5.74, 6) is -0.208. The van der Waals surface area contributed by atoms with Gasteiger partial charge in [0.1, 0.15) is 6.61 Å². The van der Waals surface area contributed by atoms with E-state index in [0.717, 1.165) is 6.42 Å². The van der Waals surface area contributed by atoms with Crippen molar-refractivity contribution in [2.24, 2.45) is 11.3 Å². The smallest absolute Gasteiger partial charge is 0.223 e. The summed E-state index contributed by atoms with van der Waals surface area (Å²) in [4.78, 5) is 12.1. The molecule has 0 saturated heterocycles. The normalized spacial score (nSPS) is 14.4. The molecule has 21 heavy (non-hydrogen) atoms. The van der Waals surface area contributed by atoms with Gasteiger partial charge in [-0.05, 0) is 24.0 Å². The van der Waals surface area contributed by atoms with E-state index >= 15 is 0 Å². The topological polar surface area (TPSA) is 38.3 Å². The highest BCUT2D eigenvalue weighted by atomic mass is 19.1. The van der Waals surface area contributed by atoms with Gasteiger partial charge in [0.25, 0.3) is 0 Å². The van der Waals surface area contributed by atoms with Crippen LogP contribution in [0.25, 0.3) is 0 Å².